The predicted molar refractivity (Wildman–Crippen MR) is 61.3 cm³/mol. The summed E-state index contributed by atoms with van der Waals surface area (Å²) in [6.07, 6.45) is 6.36. The Hall–Kier alpha value is -1.22. The van der Waals surface area contributed by atoms with Crippen molar-refractivity contribution in [3.63, 3.8) is 0 Å². The molecular weight excluding hydrogens is 203 g/mol. The van der Waals surface area contributed by atoms with E-state index < -0.39 is 5.95 Å². The van der Waals surface area contributed by atoms with Gasteiger partial charge in [0.2, 0.25) is 5.95 Å². The van der Waals surface area contributed by atoms with Crippen molar-refractivity contribution in [2.24, 2.45) is 11.8 Å². The van der Waals surface area contributed by atoms with Crippen LogP contribution in [0, 0.1) is 17.8 Å². The molecule has 0 aromatic carbocycles. The molecule has 1 fully saturated rings. The Balaban J connectivity index is 1.93. The summed E-state index contributed by atoms with van der Waals surface area (Å²) in [5, 5.41) is 3.44. The van der Waals surface area contributed by atoms with Crippen molar-refractivity contribution in [3.05, 3.63) is 35.9 Å². The van der Waals surface area contributed by atoms with Crippen LogP contribution in [0.25, 0.3) is 5.57 Å². The van der Waals surface area contributed by atoms with E-state index >= 15 is 0 Å². The quantitative estimate of drug-likeness (QED) is 0.731. The van der Waals surface area contributed by atoms with Gasteiger partial charge in [-0.05, 0) is 48.6 Å². The Labute approximate surface area is 94.6 Å². The highest BCUT2D eigenvalue weighted by Crippen LogP contribution is 2.38. The van der Waals surface area contributed by atoms with Gasteiger partial charge in [-0.1, -0.05) is 6.08 Å². The average molecular weight is 218 g/mol. The Morgan fingerprint density at radius 1 is 1.31 bits per heavy atom. The van der Waals surface area contributed by atoms with Crippen molar-refractivity contribution in [2.75, 3.05) is 13.1 Å². The van der Waals surface area contributed by atoms with E-state index in [1.165, 1.54) is 18.1 Å². The molecule has 1 aliphatic carbocycles. The number of aromatic nitrogens is 1. The average Bonchev–Trinajstić information content (AvgIpc) is 2.78. The molecule has 0 radical (unpaired) electrons. The number of fused-ring (bicyclic) bond motifs is 1. The van der Waals surface area contributed by atoms with Gasteiger partial charge in [-0.2, -0.15) is 4.39 Å². The van der Waals surface area contributed by atoms with E-state index in [1.807, 2.05) is 6.07 Å². The van der Waals surface area contributed by atoms with Crippen LogP contribution in [0.4, 0.5) is 4.39 Å². The van der Waals surface area contributed by atoms with Crippen molar-refractivity contribution in [1.82, 2.24) is 10.3 Å². The topological polar surface area (TPSA) is 24.9 Å². The summed E-state index contributed by atoms with van der Waals surface area (Å²) in [6.45, 7) is 2.17. The van der Waals surface area contributed by atoms with E-state index in [0.29, 0.717) is 5.92 Å². The van der Waals surface area contributed by atoms with E-state index in [1.54, 1.807) is 6.20 Å². The van der Waals surface area contributed by atoms with Gasteiger partial charge in [0.15, 0.2) is 0 Å². The standard InChI is InChI=1S/C13H15FN2/c14-13-5-4-10(7-16-13)11-3-1-2-9-6-15-8-12(9)11/h3-5,7,9,12,15H,1-2,6,8H2. The molecule has 1 saturated heterocycles. The van der Waals surface area contributed by atoms with Crippen LogP contribution < -0.4 is 5.32 Å². The molecular formula is C13H15FN2. The first-order valence-electron chi connectivity index (χ1n) is 5.87. The van der Waals surface area contributed by atoms with Gasteiger partial charge >= 0.3 is 0 Å². The Kier molecular flexibility index (Phi) is 2.48. The van der Waals surface area contributed by atoms with Gasteiger partial charge in [0.25, 0.3) is 0 Å². The van der Waals surface area contributed by atoms with E-state index in [4.69, 9.17) is 0 Å². The number of rotatable bonds is 1. The highest BCUT2D eigenvalue weighted by atomic mass is 19.1. The molecule has 2 unspecified atom stereocenters. The molecule has 2 aliphatic rings. The van der Waals surface area contributed by atoms with E-state index in [2.05, 4.69) is 16.4 Å². The normalized spacial score (nSPS) is 28.7. The lowest BCUT2D eigenvalue weighted by Crippen LogP contribution is -2.17. The molecule has 84 valence electrons. The third kappa shape index (κ3) is 1.65. The summed E-state index contributed by atoms with van der Waals surface area (Å²) in [5.74, 6) is 0.951. The largest absolute Gasteiger partial charge is 0.316 e. The van der Waals surface area contributed by atoms with Crippen LogP contribution in [0.3, 0.4) is 0 Å². The first kappa shape index (κ1) is 9.97. The minimum atomic E-state index is -0.402. The van der Waals surface area contributed by atoms with Crippen LogP contribution in [0.15, 0.2) is 24.4 Å². The highest BCUT2D eigenvalue weighted by Gasteiger charge is 2.32. The zero-order valence-corrected chi connectivity index (χ0v) is 9.12. The van der Waals surface area contributed by atoms with Gasteiger partial charge in [-0.15, -0.1) is 0 Å². The number of hydrogen-bond donors (Lipinski definition) is 1. The second kappa shape index (κ2) is 3.98. The van der Waals surface area contributed by atoms with Crippen molar-refractivity contribution in [2.45, 2.75) is 12.8 Å². The number of nitrogens with one attached hydrogen (secondary N) is 1. The van der Waals surface area contributed by atoms with E-state index in [9.17, 15) is 4.39 Å². The molecule has 3 rings (SSSR count). The van der Waals surface area contributed by atoms with E-state index in [0.717, 1.165) is 31.0 Å². The Morgan fingerprint density at radius 3 is 3.06 bits per heavy atom. The Bertz CT molecular complexity index is 410. The number of hydrogen-bond acceptors (Lipinski definition) is 2. The molecule has 2 nitrogen and oxygen atoms in total. The molecule has 0 saturated carbocycles. The maximum Gasteiger partial charge on any atom is 0.212 e. The molecule has 1 aromatic heterocycles. The van der Waals surface area contributed by atoms with Crippen molar-refractivity contribution in [3.8, 4) is 0 Å². The van der Waals surface area contributed by atoms with Gasteiger partial charge in [-0.25, -0.2) is 4.98 Å². The lowest BCUT2D eigenvalue weighted by atomic mass is 9.78. The molecule has 3 heteroatoms. The van der Waals surface area contributed by atoms with Gasteiger partial charge < -0.3 is 5.32 Å². The van der Waals surface area contributed by atoms with Crippen molar-refractivity contribution < 1.29 is 4.39 Å². The van der Waals surface area contributed by atoms with Crippen LogP contribution >= 0.6 is 0 Å². The molecule has 0 spiro atoms. The lowest BCUT2D eigenvalue weighted by molar-refractivity contribution is 0.454. The maximum atomic E-state index is 12.8. The van der Waals surface area contributed by atoms with Gasteiger partial charge in [0.1, 0.15) is 0 Å². The van der Waals surface area contributed by atoms with Crippen LogP contribution in [-0.2, 0) is 0 Å². The first-order chi connectivity index (χ1) is 7.84. The van der Waals surface area contributed by atoms with Gasteiger partial charge in [0.05, 0.1) is 0 Å². The molecule has 2 heterocycles. The number of pyridine rings is 1. The summed E-state index contributed by atoms with van der Waals surface area (Å²) in [4.78, 5) is 3.74. The molecule has 16 heavy (non-hydrogen) atoms. The van der Waals surface area contributed by atoms with Crippen molar-refractivity contribution in [1.29, 1.82) is 0 Å². The predicted octanol–water partition coefficient (Wildman–Crippen LogP) is 2.23. The summed E-state index contributed by atoms with van der Waals surface area (Å²) >= 11 is 0. The fourth-order valence-electron chi connectivity index (χ4n) is 2.88. The lowest BCUT2D eigenvalue weighted by Gasteiger charge is -2.26. The minimum absolute atomic E-state index is 0.402. The highest BCUT2D eigenvalue weighted by molar-refractivity contribution is 5.68. The third-order valence-electron chi connectivity index (χ3n) is 3.70. The van der Waals surface area contributed by atoms with E-state index in [-0.39, 0.29) is 0 Å². The first-order valence-corrected chi connectivity index (χ1v) is 5.87. The van der Waals surface area contributed by atoms with Gasteiger partial charge in [-0.3, -0.25) is 0 Å². The zero-order chi connectivity index (χ0) is 11.0. The van der Waals surface area contributed by atoms with Crippen LogP contribution in [0.1, 0.15) is 18.4 Å². The second-order valence-corrected chi connectivity index (χ2v) is 4.63. The number of nitrogens with zero attached hydrogens (tertiary/aromatic N) is 1. The summed E-state index contributed by atoms with van der Waals surface area (Å²) < 4.78 is 12.8. The Morgan fingerprint density at radius 2 is 2.25 bits per heavy atom. The fourth-order valence-corrected chi connectivity index (χ4v) is 2.88. The van der Waals surface area contributed by atoms with Crippen LogP contribution in [0.5, 0.6) is 0 Å². The molecule has 2 atom stereocenters. The summed E-state index contributed by atoms with van der Waals surface area (Å²) in [7, 11) is 0. The van der Waals surface area contributed by atoms with Crippen molar-refractivity contribution >= 4 is 5.57 Å². The zero-order valence-electron chi connectivity index (χ0n) is 9.12. The number of allylic oxidation sites excluding steroid dienone is 1. The smallest absolute Gasteiger partial charge is 0.212 e. The second-order valence-electron chi connectivity index (χ2n) is 4.63. The molecule has 1 aromatic rings. The molecule has 0 bridgehead atoms. The van der Waals surface area contributed by atoms with Gasteiger partial charge in [0, 0.05) is 18.7 Å². The molecule has 1 aliphatic heterocycles. The maximum absolute atomic E-state index is 12.8. The summed E-state index contributed by atoms with van der Waals surface area (Å²) in [6, 6.07) is 3.29. The third-order valence-corrected chi connectivity index (χ3v) is 3.70. The summed E-state index contributed by atoms with van der Waals surface area (Å²) in [5.41, 5.74) is 2.44. The van der Waals surface area contributed by atoms with Crippen LogP contribution in [0.2, 0.25) is 0 Å². The monoisotopic (exact) mass is 218 g/mol. The fraction of sp³-hybridized carbons (Fsp3) is 0.462. The SMILES string of the molecule is Fc1ccc(C2=CCCC3CNCC23)cn1. The molecule has 0 amide bonds. The minimum Gasteiger partial charge on any atom is -0.316 e. The number of halogens is 1. The van der Waals surface area contributed by atoms with Crippen LogP contribution in [-0.4, -0.2) is 18.1 Å². The molecule has 1 N–H and O–H groups in total.